The number of nitrogens with zero attached hydrogens (tertiary/aromatic N) is 4. The molecule has 2 rings (SSSR count). The summed E-state index contributed by atoms with van der Waals surface area (Å²) in [4.78, 5) is 12.1. The van der Waals surface area contributed by atoms with Crippen LogP contribution in [-0.2, 0) is 6.42 Å². The second kappa shape index (κ2) is 5.02. The molecule has 6 nitrogen and oxygen atoms in total. The zero-order valence-corrected chi connectivity index (χ0v) is 10.2. The standard InChI is InChI=1S/C9H10BrN5O/c1-6-14-8(15-16-6)2-3-11-9-4-7(10)12-5-13-9/h4-5H,2-3H2,1H3,(H,11,12,13). The summed E-state index contributed by atoms with van der Waals surface area (Å²) in [5.41, 5.74) is 0. The SMILES string of the molecule is Cc1nc(CCNc2cc(Br)ncn2)no1. The number of hydrogen-bond donors (Lipinski definition) is 1. The molecule has 0 radical (unpaired) electrons. The molecule has 0 saturated heterocycles. The molecule has 0 aliphatic carbocycles. The summed E-state index contributed by atoms with van der Waals surface area (Å²) >= 11 is 3.27. The molecule has 7 heteroatoms. The number of aromatic nitrogens is 4. The van der Waals surface area contributed by atoms with Crippen molar-refractivity contribution >= 4 is 21.7 Å². The van der Waals surface area contributed by atoms with E-state index in [2.05, 4.69) is 41.4 Å². The summed E-state index contributed by atoms with van der Waals surface area (Å²) in [6.45, 7) is 2.47. The molecule has 0 aromatic carbocycles. The molecule has 1 N–H and O–H groups in total. The maximum Gasteiger partial charge on any atom is 0.223 e. The van der Waals surface area contributed by atoms with Crippen LogP contribution in [0.3, 0.4) is 0 Å². The Balaban J connectivity index is 1.84. The van der Waals surface area contributed by atoms with Crippen LogP contribution in [0, 0.1) is 6.92 Å². The third-order valence-electron chi connectivity index (χ3n) is 1.86. The van der Waals surface area contributed by atoms with Gasteiger partial charge in [-0.05, 0) is 15.9 Å². The van der Waals surface area contributed by atoms with E-state index in [9.17, 15) is 0 Å². The molecule has 2 aromatic heterocycles. The van der Waals surface area contributed by atoms with Gasteiger partial charge in [0.05, 0.1) is 0 Å². The van der Waals surface area contributed by atoms with E-state index in [1.807, 2.05) is 6.07 Å². The lowest BCUT2D eigenvalue weighted by molar-refractivity contribution is 0.387. The zero-order chi connectivity index (χ0) is 11.4. The van der Waals surface area contributed by atoms with E-state index < -0.39 is 0 Å². The fourth-order valence-electron chi connectivity index (χ4n) is 1.18. The van der Waals surface area contributed by atoms with E-state index in [-0.39, 0.29) is 0 Å². The van der Waals surface area contributed by atoms with Gasteiger partial charge in [0.1, 0.15) is 16.7 Å². The van der Waals surface area contributed by atoms with Gasteiger partial charge in [-0.25, -0.2) is 9.97 Å². The van der Waals surface area contributed by atoms with Crippen molar-refractivity contribution in [2.45, 2.75) is 13.3 Å². The summed E-state index contributed by atoms with van der Waals surface area (Å²) in [5.74, 6) is 2.04. The Labute approximate surface area is 101 Å². The van der Waals surface area contributed by atoms with Crippen LogP contribution in [0.5, 0.6) is 0 Å². The Morgan fingerprint density at radius 1 is 1.44 bits per heavy atom. The number of halogens is 1. The first-order valence-corrected chi connectivity index (χ1v) is 5.54. The molecule has 0 spiro atoms. The van der Waals surface area contributed by atoms with Gasteiger partial charge in [0.15, 0.2) is 5.82 Å². The molecule has 84 valence electrons. The molecule has 0 amide bonds. The minimum absolute atomic E-state index is 0.583. The molecule has 0 fully saturated rings. The van der Waals surface area contributed by atoms with Crippen LogP contribution < -0.4 is 5.32 Å². The number of anilines is 1. The summed E-state index contributed by atoms with van der Waals surface area (Å²) in [6.07, 6.45) is 2.18. The summed E-state index contributed by atoms with van der Waals surface area (Å²) in [7, 11) is 0. The monoisotopic (exact) mass is 283 g/mol. The lowest BCUT2D eigenvalue weighted by Crippen LogP contribution is -2.07. The molecule has 0 bridgehead atoms. The van der Waals surface area contributed by atoms with Gasteiger partial charge in [-0.2, -0.15) is 4.98 Å². The third-order valence-corrected chi connectivity index (χ3v) is 2.29. The Bertz CT molecular complexity index is 472. The van der Waals surface area contributed by atoms with Gasteiger partial charge in [-0.15, -0.1) is 0 Å². The lowest BCUT2D eigenvalue weighted by Gasteiger charge is -2.02. The molecular weight excluding hydrogens is 274 g/mol. The van der Waals surface area contributed by atoms with Gasteiger partial charge >= 0.3 is 0 Å². The number of aryl methyl sites for hydroxylation is 1. The first-order chi connectivity index (χ1) is 7.74. The first-order valence-electron chi connectivity index (χ1n) is 4.74. The van der Waals surface area contributed by atoms with Gasteiger partial charge in [0.25, 0.3) is 0 Å². The van der Waals surface area contributed by atoms with Crippen molar-refractivity contribution in [3.63, 3.8) is 0 Å². The van der Waals surface area contributed by atoms with Gasteiger partial charge in [0.2, 0.25) is 5.89 Å². The van der Waals surface area contributed by atoms with E-state index in [0.29, 0.717) is 24.7 Å². The van der Waals surface area contributed by atoms with E-state index in [4.69, 9.17) is 4.52 Å². The zero-order valence-electron chi connectivity index (χ0n) is 8.64. The number of rotatable bonds is 4. The molecule has 0 atom stereocenters. The quantitative estimate of drug-likeness (QED) is 0.859. The van der Waals surface area contributed by atoms with Crippen LogP contribution in [0.1, 0.15) is 11.7 Å². The average Bonchev–Trinajstić information content (AvgIpc) is 2.64. The van der Waals surface area contributed by atoms with Gasteiger partial charge in [-0.3, -0.25) is 0 Å². The van der Waals surface area contributed by atoms with Crippen molar-refractivity contribution in [3.05, 3.63) is 28.7 Å². The predicted octanol–water partition coefficient (Wildman–Crippen LogP) is 1.59. The van der Waals surface area contributed by atoms with Crippen LogP contribution in [0.15, 0.2) is 21.5 Å². The molecule has 0 unspecified atom stereocenters. The third kappa shape index (κ3) is 2.99. The van der Waals surface area contributed by atoms with E-state index in [1.165, 1.54) is 6.33 Å². The molecule has 2 heterocycles. The van der Waals surface area contributed by atoms with Crippen molar-refractivity contribution in [3.8, 4) is 0 Å². The first kappa shape index (κ1) is 11.0. The molecule has 0 aliphatic rings. The van der Waals surface area contributed by atoms with Gasteiger partial charge in [0, 0.05) is 26.0 Å². The predicted molar refractivity (Wildman–Crippen MR) is 61.0 cm³/mol. The fourth-order valence-corrected chi connectivity index (χ4v) is 1.48. The number of nitrogens with one attached hydrogen (secondary N) is 1. The van der Waals surface area contributed by atoms with Crippen molar-refractivity contribution in [1.82, 2.24) is 20.1 Å². The van der Waals surface area contributed by atoms with E-state index >= 15 is 0 Å². The second-order valence-electron chi connectivity index (χ2n) is 3.13. The molecule has 0 saturated carbocycles. The van der Waals surface area contributed by atoms with E-state index in [1.54, 1.807) is 6.92 Å². The average molecular weight is 284 g/mol. The highest BCUT2D eigenvalue weighted by Crippen LogP contribution is 2.09. The van der Waals surface area contributed by atoms with Crippen LogP contribution in [-0.4, -0.2) is 26.7 Å². The highest BCUT2D eigenvalue weighted by atomic mass is 79.9. The van der Waals surface area contributed by atoms with E-state index in [0.717, 1.165) is 10.4 Å². The fraction of sp³-hybridized carbons (Fsp3) is 0.333. The highest BCUT2D eigenvalue weighted by Gasteiger charge is 2.02. The van der Waals surface area contributed by atoms with Crippen LogP contribution in [0.25, 0.3) is 0 Å². The maximum absolute atomic E-state index is 4.86. The van der Waals surface area contributed by atoms with Gasteiger partial charge < -0.3 is 9.84 Å². The Kier molecular flexibility index (Phi) is 3.45. The normalized spacial score (nSPS) is 10.4. The number of hydrogen-bond acceptors (Lipinski definition) is 6. The van der Waals surface area contributed by atoms with Crippen LogP contribution >= 0.6 is 15.9 Å². The summed E-state index contributed by atoms with van der Waals surface area (Å²) in [6, 6.07) is 1.81. The Morgan fingerprint density at radius 3 is 3.00 bits per heavy atom. The Hall–Kier alpha value is -1.50. The van der Waals surface area contributed by atoms with Crippen LogP contribution in [0.4, 0.5) is 5.82 Å². The van der Waals surface area contributed by atoms with Crippen molar-refractivity contribution < 1.29 is 4.52 Å². The maximum atomic E-state index is 4.86. The lowest BCUT2D eigenvalue weighted by atomic mass is 10.4. The smallest absolute Gasteiger partial charge is 0.223 e. The molecule has 2 aromatic rings. The van der Waals surface area contributed by atoms with Crippen molar-refractivity contribution in [1.29, 1.82) is 0 Å². The minimum atomic E-state index is 0.583. The highest BCUT2D eigenvalue weighted by molar-refractivity contribution is 9.10. The Morgan fingerprint density at radius 2 is 2.31 bits per heavy atom. The van der Waals surface area contributed by atoms with Crippen molar-refractivity contribution in [2.75, 3.05) is 11.9 Å². The second-order valence-corrected chi connectivity index (χ2v) is 3.94. The molecule has 16 heavy (non-hydrogen) atoms. The largest absolute Gasteiger partial charge is 0.369 e. The van der Waals surface area contributed by atoms with Crippen molar-refractivity contribution in [2.24, 2.45) is 0 Å². The topological polar surface area (TPSA) is 76.7 Å². The summed E-state index contributed by atoms with van der Waals surface area (Å²) < 4.78 is 5.61. The van der Waals surface area contributed by atoms with Gasteiger partial charge in [-0.1, -0.05) is 5.16 Å². The van der Waals surface area contributed by atoms with Crippen LogP contribution in [0.2, 0.25) is 0 Å². The molecular formula is C9H10BrN5O. The molecule has 0 aliphatic heterocycles. The minimum Gasteiger partial charge on any atom is -0.369 e. The summed E-state index contributed by atoms with van der Waals surface area (Å²) in [5, 5.41) is 6.94.